The summed E-state index contributed by atoms with van der Waals surface area (Å²) in [6.45, 7) is 15.7. The zero-order chi connectivity index (χ0) is 27.9. The molecule has 0 spiro atoms. The Morgan fingerprint density at radius 3 is 2.16 bits per heavy atom. The van der Waals surface area contributed by atoms with Crippen LogP contribution in [0.15, 0.2) is 54.6 Å². The Labute approximate surface area is 228 Å². The first kappa shape index (κ1) is 29.2. The lowest BCUT2D eigenvalue weighted by Gasteiger charge is -2.31. The maximum Gasteiger partial charge on any atom is 0.335 e. The molecule has 0 unspecified atom stereocenters. The minimum Gasteiger partial charge on any atom is -0.493 e. The Bertz CT molecular complexity index is 1240. The van der Waals surface area contributed by atoms with Gasteiger partial charge in [-0.3, -0.25) is 0 Å². The molecule has 38 heavy (non-hydrogen) atoms. The van der Waals surface area contributed by atoms with Crippen LogP contribution in [-0.4, -0.2) is 42.5 Å². The maximum absolute atomic E-state index is 11.5. The molecule has 0 fully saturated rings. The minimum absolute atomic E-state index is 0.0459. The van der Waals surface area contributed by atoms with Crippen molar-refractivity contribution in [3.63, 3.8) is 0 Å². The standard InChI is InChI=1S/C33H43NO4/c1-7-23-20-26(32(36)37)12-15-27(23)24-14-17-31(38-19-11-10-18-35)28(21-24)25-13-16-30(34(8-2)9-3)29(22-25)33(4,5)6/h12-17,20-22,35H,7-11,18-19H2,1-6H3,(H,36,37). The molecular formula is C33H43NO4. The third-order valence-corrected chi connectivity index (χ3v) is 7.05. The Kier molecular flexibility index (Phi) is 9.98. The van der Waals surface area contributed by atoms with Crippen LogP contribution in [0.5, 0.6) is 5.75 Å². The molecule has 2 N–H and O–H groups in total. The van der Waals surface area contributed by atoms with Gasteiger partial charge in [0.2, 0.25) is 0 Å². The first-order chi connectivity index (χ1) is 18.1. The molecule has 0 saturated carbocycles. The number of unbranched alkanes of at least 4 members (excludes halogenated alkanes) is 1. The number of anilines is 1. The fourth-order valence-corrected chi connectivity index (χ4v) is 4.89. The second-order valence-corrected chi connectivity index (χ2v) is 10.7. The van der Waals surface area contributed by atoms with Gasteiger partial charge in [0.15, 0.2) is 0 Å². The fraction of sp³-hybridized carbons (Fsp3) is 0.424. The van der Waals surface area contributed by atoms with Gasteiger partial charge < -0.3 is 19.8 Å². The van der Waals surface area contributed by atoms with Gasteiger partial charge in [-0.2, -0.15) is 0 Å². The van der Waals surface area contributed by atoms with Gasteiger partial charge in [0.1, 0.15) is 5.75 Å². The highest BCUT2D eigenvalue weighted by molar-refractivity contribution is 5.89. The number of hydrogen-bond acceptors (Lipinski definition) is 4. The highest BCUT2D eigenvalue weighted by atomic mass is 16.5. The third-order valence-electron chi connectivity index (χ3n) is 7.05. The monoisotopic (exact) mass is 517 g/mol. The molecule has 5 heteroatoms. The summed E-state index contributed by atoms with van der Waals surface area (Å²) < 4.78 is 6.24. The van der Waals surface area contributed by atoms with E-state index in [1.165, 1.54) is 11.3 Å². The van der Waals surface area contributed by atoms with E-state index in [0.29, 0.717) is 18.6 Å². The van der Waals surface area contributed by atoms with Gasteiger partial charge in [-0.1, -0.05) is 45.9 Å². The third kappa shape index (κ3) is 6.76. The van der Waals surface area contributed by atoms with Crippen LogP contribution in [0.4, 0.5) is 5.69 Å². The molecular weight excluding hydrogens is 474 g/mol. The molecule has 3 rings (SSSR count). The van der Waals surface area contributed by atoms with E-state index >= 15 is 0 Å². The molecule has 0 aliphatic heterocycles. The summed E-state index contributed by atoms with van der Waals surface area (Å²) >= 11 is 0. The molecule has 204 valence electrons. The first-order valence-corrected chi connectivity index (χ1v) is 13.8. The second kappa shape index (κ2) is 13.0. The smallest absolute Gasteiger partial charge is 0.335 e. The Morgan fingerprint density at radius 1 is 0.868 bits per heavy atom. The average molecular weight is 518 g/mol. The number of aryl methyl sites for hydroxylation is 1. The number of hydrogen-bond donors (Lipinski definition) is 2. The summed E-state index contributed by atoms with van der Waals surface area (Å²) in [5, 5.41) is 18.7. The summed E-state index contributed by atoms with van der Waals surface area (Å²) in [4.78, 5) is 13.9. The molecule has 0 atom stereocenters. The van der Waals surface area contributed by atoms with Crippen LogP contribution in [-0.2, 0) is 11.8 Å². The van der Waals surface area contributed by atoms with Crippen LogP contribution in [0.1, 0.15) is 75.9 Å². The molecule has 0 aliphatic rings. The largest absolute Gasteiger partial charge is 0.493 e. The highest BCUT2D eigenvalue weighted by Gasteiger charge is 2.22. The van der Waals surface area contributed by atoms with Crippen molar-refractivity contribution in [1.82, 2.24) is 0 Å². The molecule has 0 radical (unpaired) electrons. The van der Waals surface area contributed by atoms with Crippen LogP contribution in [0.25, 0.3) is 22.3 Å². The number of rotatable bonds is 12. The highest BCUT2D eigenvalue weighted by Crippen LogP contribution is 2.40. The van der Waals surface area contributed by atoms with Crippen molar-refractivity contribution in [2.24, 2.45) is 0 Å². The number of aromatic carboxylic acids is 1. The van der Waals surface area contributed by atoms with Crippen LogP contribution in [0, 0.1) is 0 Å². The van der Waals surface area contributed by atoms with Crippen molar-refractivity contribution in [1.29, 1.82) is 0 Å². The first-order valence-electron chi connectivity index (χ1n) is 13.8. The number of carbonyl (C=O) groups is 1. The topological polar surface area (TPSA) is 70.0 Å². The van der Waals surface area contributed by atoms with E-state index in [1.54, 1.807) is 12.1 Å². The van der Waals surface area contributed by atoms with Gasteiger partial charge in [-0.15, -0.1) is 0 Å². The SMILES string of the molecule is CCc1cc(C(=O)O)ccc1-c1ccc(OCCCCO)c(-c2ccc(N(CC)CC)c(C(C)(C)C)c2)c1. The minimum atomic E-state index is -0.915. The number of ether oxygens (including phenoxy) is 1. The number of carboxylic acid groups (broad SMARTS) is 1. The summed E-state index contributed by atoms with van der Waals surface area (Å²) in [6, 6.07) is 18.3. The summed E-state index contributed by atoms with van der Waals surface area (Å²) in [6.07, 6.45) is 2.22. The van der Waals surface area contributed by atoms with Crippen LogP contribution in [0.2, 0.25) is 0 Å². The lowest BCUT2D eigenvalue weighted by Crippen LogP contribution is -2.26. The van der Waals surface area contributed by atoms with E-state index < -0.39 is 5.97 Å². The van der Waals surface area contributed by atoms with Crippen molar-refractivity contribution in [2.75, 3.05) is 31.2 Å². The maximum atomic E-state index is 11.5. The van der Waals surface area contributed by atoms with Gasteiger partial charge in [-0.25, -0.2) is 4.79 Å². The van der Waals surface area contributed by atoms with E-state index in [0.717, 1.165) is 59.5 Å². The van der Waals surface area contributed by atoms with Gasteiger partial charge in [-0.05, 0) is 103 Å². The Morgan fingerprint density at radius 2 is 1.55 bits per heavy atom. The number of nitrogens with zero attached hydrogens (tertiary/aromatic N) is 1. The van der Waals surface area contributed by atoms with Crippen molar-refractivity contribution >= 4 is 11.7 Å². The summed E-state index contributed by atoms with van der Waals surface area (Å²) in [5.74, 6) is -0.107. The van der Waals surface area contributed by atoms with Gasteiger partial charge >= 0.3 is 5.97 Å². The molecule has 0 heterocycles. The van der Waals surface area contributed by atoms with Crippen LogP contribution < -0.4 is 9.64 Å². The Balaban J connectivity index is 2.18. The molecule has 5 nitrogen and oxygen atoms in total. The number of benzene rings is 3. The predicted molar refractivity (Wildman–Crippen MR) is 158 cm³/mol. The predicted octanol–water partition coefficient (Wildman–Crippen LogP) is 7.58. The van der Waals surface area contributed by atoms with E-state index in [4.69, 9.17) is 4.74 Å². The number of aliphatic hydroxyl groups is 1. The van der Waals surface area contributed by atoms with Crippen molar-refractivity contribution in [3.8, 4) is 28.0 Å². The molecule has 0 bridgehead atoms. The molecule has 3 aromatic rings. The molecule has 0 saturated heterocycles. The number of carboxylic acids is 1. The number of aliphatic hydroxyl groups excluding tert-OH is 1. The summed E-state index contributed by atoms with van der Waals surface area (Å²) in [7, 11) is 0. The van der Waals surface area contributed by atoms with Crippen LogP contribution in [0.3, 0.4) is 0 Å². The second-order valence-electron chi connectivity index (χ2n) is 10.7. The lowest BCUT2D eigenvalue weighted by atomic mass is 9.83. The van der Waals surface area contributed by atoms with Crippen molar-refractivity contribution in [2.45, 2.75) is 66.2 Å². The molecule has 3 aromatic carbocycles. The van der Waals surface area contributed by atoms with E-state index in [9.17, 15) is 15.0 Å². The molecule has 0 aliphatic carbocycles. The quantitative estimate of drug-likeness (QED) is 0.242. The van der Waals surface area contributed by atoms with Gasteiger partial charge in [0, 0.05) is 30.9 Å². The van der Waals surface area contributed by atoms with Gasteiger partial charge in [0.05, 0.1) is 12.2 Å². The fourth-order valence-electron chi connectivity index (χ4n) is 4.89. The van der Waals surface area contributed by atoms with E-state index in [1.807, 2.05) is 19.1 Å². The van der Waals surface area contributed by atoms with E-state index in [-0.39, 0.29) is 12.0 Å². The summed E-state index contributed by atoms with van der Waals surface area (Å²) in [5.41, 5.74) is 7.95. The zero-order valence-corrected chi connectivity index (χ0v) is 23.8. The average Bonchev–Trinajstić information content (AvgIpc) is 2.91. The van der Waals surface area contributed by atoms with Crippen molar-refractivity contribution < 1.29 is 19.7 Å². The van der Waals surface area contributed by atoms with Crippen LogP contribution >= 0.6 is 0 Å². The van der Waals surface area contributed by atoms with E-state index in [2.05, 4.69) is 69.9 Å². The van der Waals surface area contributed by atoms with Crippen molar-refractivity contribution in [3.05, 3.63) is 71.3 Å². The Hall–Kier alpha value is -3.31. The normalized spacial score (nSPS) is 11.4. The molecule has 0 amide bonds. The van der Waals surface area contributed by atoms with Gasteiger partial charge in [0.25, 0.3) is 0 Å². The molecule has 0 aromatic heterocycles. The zero-order valence-electron chi connectivity index (χ0n) is 23.8. The lowest BCUT2D eigenvalue weighted by molar-refractivity contribution is 0.0696.